The first kappa shape index (κ1) is 12.8. The molecule has 3 N–H and O–H groups in total. The van der Waals surface area contributed by atoms with Crippen LogP contribution in [0.3, 0.4) is 0 Å². The molecule has 0 aromatic rings. The van der Waals surface area contributed by atoms with E-state index in [9.17, 15) is 4.79 Å². The first-order valence-electron chi connectivity index (χ1n) is 5.79. The molecule has 0 aromatic carbocycles. The number of hydrogen-bond acceptors (Lipinski definition) is 3. The zero-order valence-corrected chi connectivity index (χ0v) is 10.5. The van der Waals surface area contributed by atoms with Crippen LogP contribution in [0.15, 0.2) is 0 Å². The van der Waals surface area contributed by atoms with Crippen molar-refractivity contribution in [1.82, 2.24) is 5.32 Å². The van der Waals surface area contributed by atoms with E-state index in [-0.39, 0.29) is 11.8 Å². The van der Waals surface area contributed by atoms with Gasteiger partial charge in [0, 0.05) is 23.8 Å². The molecule has 0 aliphatic heterocycles. The fourth-order valence-corrected chi connectivity index (χ4v) is 3.23. The normalized spacial score (nSPS) is 27.9. The van der Waals surface area contributed by atoms with Crippen LogP contribution in [0, 0.1) is 5.92 Å². The zero-order valence-electron chi connectivity index (χ0n) is 9.66. The van der Waals surface area contributed by atoms with Crippen LogP contribution in [0.5, 0.6) is 0 Å². The van der Waals surface area contributed by atoms with Crippen molar-refractivity contribution in [3.8, 4) is 0 Å². The largest absolute Gasteiger partial charge is 0.369 e. The third-order valence-electron chi connectivity index (χ3n) is 3.01. The van der Waals surface area contributed by atoms with Crippen LogP contribution >= 0.6 is 11.8 Å². The van der Waals surface area contributed by atoms with Gasteiger partial charge in [0.25, 0.3) is 0 Å². The Morgan fingerprint density at radius 1 is 1.60 bits per heavy atom. The van der Waals surface area contributed by atoms with Crippen molar-refractivity contribution in [1.29, 1.82) is 0 Å². The minimum Gasteiger partial charge on any atom is -0.369 e. The molecule has 0 saturated heterocycles. The van der Waals surface area contributed by atoms with Gasteiger partial charge in [-0.15, -0.1) is 0 Å². The molecular formula is C11H22N2OS. The van der Waals surface area contributed by atoms with Crippen LogP contribution < -0.4 is 11.1 Å². The molecule has 3 unspecified atom stereocenters. The van der Waals surface area contributed by atoms with Crippen LogP contribution in [0.1, 0.15) is 33.1 Å². The molecule has 1 aliphatic carbocycles. The van der Waals surface area contributed by atoms with Gasteiger partial charge in [-0.25, -0.2) is 0 Å². The number of amides is 1. The van der Waals surface area contributed by atoms with Crippen LogP contribution in [0.2, 0.25) is 0 Å². The van der Waals surface area contributed by atoms with Gasteiger partial charge in [-0.05, 0) is 18.6 Å². The van der Waals surface area contributed by atoms with Gasteiger partial charge in [-0.2, -0.15) is 11.8 Å². The molecule has 4 heteroatoms. The lowest BCUT2D eigenvalue weighted by Crippen LogP contribution is -2.40. The molecule has 88 valence electrons. The van der Waals surface area contributed by atoms with Crippen molar-refractivity contribution in [2.75, 3.05) is 12.3 Å². The Morgan fingerprint density at radius 3 is 2.93 bits per heavy atom. The summed E-state index contributed by atoms with van der Waals surface area (Å²) in [4.78, 5) is 10.9. The first-order chi connectivity index (χ1) is 7.15. The summed E-state index contributed by atoms with van der Waals surface area (Å²) in [6.07, 6.45) is 3.85. The Kier molecular flexibility index (Phi) is 5.47. The Labute approximate surface area is 96.6 Å². The molecule has 3 nitrogen and oxygen atoms in total. The monoisotopic (exact) mass is 230 g/mol. The van der Waals surface area contributed by atoms with Crippen molar-refractivity contribution < 1.29 is 4.79 Å². The van der Waals surface area contributed by atoms with E-state index in [0.29, 0.717) is 6.04 Å². The van der Waals surface area contributed by atoms with Gasteiger partial charge in [-0.1, -0.05) is 20.3 Å². The van der Waals surface area contributed by atoms with Gasteiger partial charge >= 0.3 is 0 Å². The Hall–Kier alpha value is -0.220. The summed E-state index contributed by atoms with van der Waals surface area (Å²) in [5.41, 5.74) is 5.23. The van der Waals surface area contributed by atoms with E-state index in [1.54, 1.807) is 0 Å². The van der Waals surface area contributed by atoms with Gasteiger partial charge < -0.3 is 11.1 Å². The van der Waals surface area contributed by atoms with E-state index in [2.05, 4.69) is 12.2 Å². The van der Waals surface area contributed by atoms with Gasteiger partial charge in [0.05, 0.1) is 0 Å². The molecule has 0 heterocycles. The molecular weight excluding hydrogens is 208 g/mol. The van der Waals surface area contributed by atoms with Crippen molar-refractivity contribution in [2.45, 2.75) is 44.4 Å². The lowest BCUT2D eigenvalue weighted by atomic mass is 10.1. The van der Waals surface area contributed by atoms with Crippen molar-refractivity contribution in [3.63, 3.8) is 0 Å². The number of nitrogens with one attached hydrogen (secondary N) is 1. The zero-order chi connectivity index (χ0) is 11.3. The first-order valence-corrected chi connectivity index (χ1v) is 6.84. The minimum atomic E-state index is -0.208. The van der Waals surface area contributed by atoms with Crippen molar-refractivity contribution in [3.05, 3.63) is 0 Å². The van der Waals surface area contributed by atoms with E-state index in [1.165, 1.54) is 25.0 Å². The maximum atomic E-state index is 10.9. The second kappa shape index (κ2) is 6.38. The molecule has 0 spiro atoms. The van der Waals surface area contributed by atoms with Crippen molar-refractivity contribution in [2.24, 2.45) is 11.7 Å². The fraction of sp³-hybridized carbons (Fsp3) is 0.909. The summed E-state index contributed by atoms with van der Waals surface area (Å²) < 4.78 is 0. The number of carbonyl (C=O) groups excluding carboxylic acids is 1. The second-order valence-electron chi connectivity index (χ2n) is 4.24. The van der Waals surface area contributed by atoms with Gasteiger partial charge in [0.1, 0.15) is 0 Å². The fourth-order valence-electron chi connectivity index (χ4n) is 2.00. The molecule has 0 aromatic heterocycles. The highest BCUT2D eigenvalue weighted by molar-refractivity contribution is 7.99. The molecule has 0 bridgehead atoms. The predicted octanol–water partition coefficient (Wildman–Crippen LogP) is 1.37. The van der Waals surface area contributed by atoms with Gasteiger partial charge in [-0.3, -0.25) is 4.79 Å². The molecule has 1 fully saturated rings. The van der Waals surface area contributed by atoms with Gasteiger partial charge in [0.15, 0.2) is 0 Å². The maximum absolute atomic E-state index is 10.9. The van der Waals surface area contributed by atoms with E-state index in [1.807, 2.05) is 18.7 Å². The number of carbonyl (C=O) groups is 1. The lowest BCUT2D eigenvalue weighted by molar-refractivity contribution is -0.121. The van der Waals surface area contributed by atoms with E-state index in [4.69, 9.17) is 5.73 Å². The van der Waals surface area contributed by atoms with E-state index in [0.717, 1.165) is 11.8 Å². The molecule has 3 atom stereocenters. The standard InChI is InChI=1S/C11H22N2OS/c1-3-15-10-6-4-5-9(10)13-7-8(2)11(12)14/h8-10,13H,3-7H2,1-2H3,(H2,12,14). The molecule has 15 heavy (non-hydrogen) atoms. The number of primary amides is 1. The third-order valence-corrected chi connectivity index (χ3v) is 4.33. The minimum absolute atomic E-state index is 0.0575. The van der Waals surface area contributed by atoms with E-state index < -0.39 is 0 Å². The third kappa shape index (κ3) is 4.03. The number of hydrogen-bond donors (Lipinski definition) is 2. The Bertz CT molecular complexity index is 211. The van der Waals surface area contributed by atoms with Crippen LogP contribution in [0.25, 0.3) is 0 Å². The highest BCUT2D eigenvalue weighted by Gasteiger charge is 2.27. The number of rotatable bonds is 6. The molecule has 0 radical (unpaired) electrons. The molecule has 1 aliphatic rings. The van der Waals surface area contributed by atoms with Crippen LogP contribution in [-0.2, 0) is 4.79 Å². The summed E-state index contributed by atoms with van der Waals surface area (Å²) in [6.45, 7) is 4.80. The van der Waals surface area contributed by atoms with Gasteiger partial charge in [0.2, 0.25) is 5.91 Å². The number of nitrogens with two attached hydrogens (primary N) is 1. The highest BCUT2D eigenvalue weighted by Crippen LogP contribution is 2.29. The Balaban J connectivity index is 2.28. The van der Waals surface area contributed by atoms with Crippen molar-refractivity contribution >= 4 is 17.7 Å². The topological polar surface area (TPSA) is 55.1 Å². The molecule has 1 saturated carbocycles. The smallest absolute Gasteiger partial charge is 0.221 e. The predicted molar refractivity (Wildman–Crippen MR) is 65.9 cm³/mol. The Morgan fingerprint density at radius 2 is 2.33 bits per heavy atom. The quantitative estimate of drug-likeness (QED) is 0.724. The summed E-state index contributed by atoms with van der Waals surface area (Å²) in [6, 6.07) is 0.580. The summed E-state index contributed by atoms with van der Waals surface area (Å²) in [5.74, 6) is 0.909. The van der Waals surface area contributed by atoms with Crippen LogP contribution in [-0.4, -0.2) is 29.5 Å². The lowest BCUT2D eigenvalue weighted by Gasteiger charge is -2.21. The summed E-state index contributed by atoms with van der Waals surface area (Å²) in [7, 11) is 0. The van der Waals surface area contributed by atoms with Crippen LogP contribution in [0.4, 0.5) is 0 Å². The number of thioether (sulfide) groups is 1. The summed E-state index contributed by atoms with van der Waals surface area (Å²) >= 11 is 2.03. The second-order valence-corrected chi connectivity index (χ2v) is 5.76. The molecule has 1 rings (SSSR count). The average molecular weight is 230 g/mol. The van der Waals surface area contributed by atoms with E-state index >= 15 is 0 Å². The molecule has 1 amide bonds. The average Bonchev–Trinajstić information content (AvgIpc) is 2.62. The SMILES string of the molecule is CCSC1CCCC1NCC(C)C(N)=O. The maximum Gasteiger partial charge on any atom is 0.221 e. The highest BCUT2D eigenvalue weighted by atomic mass is 32.2. The summed E-state index contributed by atoms with van der Waals surface area (Å²) in [5, 5.41) is 4.21.